The Morgan fingerprint density at radius 2 is 2.26 bits per heavy atom. The van der Waals surface area contributed by atoms with Gasteiger partial charge in [0.2, 0.25) is 0 Å². The third kappa shape index (κ3) is 2.43. The van der Waals surface area contributed by atoms with Crippen LogP contribution in [0, 0.1) is 24.6 Å². The van der Waals surface area contributed by atoms with Crippen molar-refractivity contribution in [3.63, 3.8) is 0 Å². The van der Waals surface area contributed by atoms with Gasteiger partial charge in [0.15, 0.2) is 5.69 Å². The maximum Gasteiger partial charge on any atom is 0.276 e. The van der Waals surface area contributed by atoms with Gasteiger partial charge in [-0.1, -0.05) is 17.3 Å². The number of aryl methyl sites for hydroxylation is 1. The van der Waals surface area contributed by atoms with Crippen LogP contribution in [0.4, 0.5) is 4.39 Å². The quantitative estimate of drug-likeness (QED) is 0.922. The Bertz CT molecular complexity index is 745. The van der Waals surface area contributed by atoms with Gasteiger partial charge in [-0.2, -0.15) is 0 Å². The van der Waals surface area contributed by atoms with Crippen molar-refractivity contribution in [1.29, 1.82) is 0 Å². The lowest BCUT2D eigenvalue weighted by Crippen LogP contribution is -2.34. The molecular formula is C17H18FN3O2. The number of rotatable bonds is 2. The third-order valence-corrected chi connectivity index (χ3v) is 4.86. The molecule has 3 atom stereocenters. The highest BCUT2D eigenvalue weighted by Crippen LogP contribution is 2.43. The molecule has 3 heterocycles. The molecule has 0 bridgehead atoms. The van der Waals surface area contributed by atoms with E-state index in [0.717, 1.165) is 18.7 Å². The van der Waals surface area contributed by atoms with Gasteiger partial charge in [-0.3, -0.25) is 4.79 Å². The normalized spacial score (nSPS) is 26.5. The summed E-state index contributed by atoms with van der Waals surface area (Å²) in [6, 6.07) is 8.06. The molecule has 0 spiro atoms. The van der Waals surface area contributed by atoms with Crippen molar-refractivity contribution >= 4 is 5.91 Å². The van der Waals surface area contributed by atoms with Crippen molar-refractivity contribution < 1.29 is 13.7 Å². The molecule has 5 nitrogen and oxygen atoms in total. The number of benzene rings is 1. The molecular weight excluding hydrogens is 297 g/mol. The number of hydrogen-bond donors (Lipinski definition) is 1. The zero-order chi connectivity index (χ0) is 16.0. The van der Waals surface area contributed by atoms with E-state index < -0.39 is 0 Å². The molecule has 2 fully saturated rings. The molecule has 120 valence electrons. The van der Waals surface area contributed by atoms with E-state index in [4.69, 9.17) is 4.52 Å². The molecule has 1 amide bonds. The van der Waals surface area contributed by atoms with E-state index in [2.05, 4.69) is 10.5 Å². The van der Waals surface area contributed by atoms with E-state index in [1.54, 1.807) is 19.1 Å². The number of likely N-dealkylation sites (tertiary alicyclic amines) is 1. The molecule has 2 aliphatic heterocycles. The van der Waals surface area contributed by atoms with Crippen LogP contribution in [0.3, 0.4) is 0 Å². The first kappa shape index (κ1) is 14.4. The minimum absolute atomic E-state index is 0.129. The fraction of sp³-hybridized carbons (Fsp3) is 0.412. The minimum Gasteiger partial charge on any atom is -0.361 e. The van der Waals surface area contributed by atoms with Crippen LogP contribution >= 0.6 is 0 Å². The zero-order valence-electron chi connectivity index (χ0n) is 12.8. The second-order valence-electron chi connectivity index (χ2n) is 6.36. The van der Waals surface area contributed by atoms with Gasteiger partial charge in [-0.05, 0) is 30.5 Å². The topological polar surface area (TPSA) is 58.4 Å². The smallest absolute Gasteiger partial charge is 0.276 e. The molecule has 2 saturated heterocycles. The molecule has 1 N–H and O–H groups in total. The summed E-state index contributed by atoms with van der Waals surface area (Å²) >= 11 is 0. The summed E-state index contributed by atoms with van der Waals surface area (Å²) in [5.74, 6) is 0.873. The summed E-state index contributed by atoms with van der Waals surface area (Å²) in [5.41, 5.74) is 1.16. The van der Waals surface area contributed by atoms with E-state index in [1.165, 1.54) is 12.1 Å². The largest absolute Gasteiger partial charge is 0.361 e. The SMILES string of the molecule is Cc1cc(C(=O)N2C[C@@H]3CNC[C@@H]3[C@@H]2c2cccc(F)c2)no1. The highest BCUT2D eigenvalue weighted by Gasteiger charge is 2.47. The van der Waals surface area contributed by atoms with Gasteiger partial charge in [-0.15, -0.1) is 0 Å². The van der Waals surface area contributed by atoms with E-state index in [0.29, 0.717) is 29.8 Å². The summed E-state index contributed by atoms with van der Waals surface area (Å²) in [6.07, 6.45) is 0. The first-order valence-corrected chi connectivity index (χ1v) is 7.84. The zero-order valence-corrected chi connectivity index (χ0v) is 12.8. The second-order valence-corrected chi connectivity index (χ2v) is 6.36. The van der Waals surface area contributed by atoms with Crippen molar-refractivity contribution in [3.8, 4) is 0 Å². The number of aromatic nitrogens is 1. The van der Waals surface area contributed by atoms with Crippen LogP contribution in [0.5, 0.6) is 0 Å². The number of carbonyl (C=O) groups is 1. The molecule has 4 rings (SSSR count). The van der Waals surface area contributed by atoms with E-state index in [1.807, 2.05) is 11.0 Å². The maximum atomic E-state index is 13.7. The summed E-state index contributed by atoms with van der Waals surface area (Å²) < 4.78 is 18.7. The standard InChI is InChI=1S/C17H18FN3O2/c1-10-5-15(20-23-10)17(22)21-9-12-7-19-8-14(12)16(21)11-3-2-4-13(18)6-11/h2-6,12,14,16,19H,7-9H2,1H3/t12-,14-,16-/m0/s1. The van der Waals surface area contributed by atoms with Gasteiger partial charge in [0.1, 0.15) is 11.6 Å². The van der Waals surface area contributed by atoms with Crippen molar-refractivity contribution in [2.45, 2.75) is 13.0 Å². The Labute approximate surface area is 133 Å². The molecule has 2 aliphatic rings. The van der Waals surface area contributed by atoms with E-state index in [-0.39, 0.29) is 17.8 Å². The van der Waals surface area contributed by atoms with Gasteiger partial charge < -0.3 is 14.7 Å². The number of hydrogen-bond acceptors (Lipinski definition) is 4. The van der Waals surface area contributed by atoms with Gasteiger partial charge in [0.25, 0.3) is 5.91 Å². The Balaban J connectivity index is 1.71. The van der Waals surface area contributed by atoms with E-state index >= 15 is 0 Å². The lowest BCUT2D eigenvalue weighted by atomic mass is 9.89. The highest BCUT2D eigenvalue weighted by atomic mass is 19.1. The second kappa shape index (κ2) is 5.45. The Morgan fingerprint density at radius 1 is 1.39 bits per heavy atom. The summed E-state index contributed by atoms with van der Waals surface area (Å²) in [6.45, 7) is 4.14. The lowest BCUT2D eigenvalue weighted by molar-refractivity contribution is 0.0703. The first-order chi connectivity index (χ1) is 11.1. The average molecular weight is 315 g/mol. The molecule has 1 aromatic heterocycles. The molecule has 6 heteroatoms. The molecule has 0 saturated carbocycles. The summed E-state index contributed by atoms with van der Waals surface area (Å²) in [7, 11) is 0. The Morgan fingerprint density at radius 3 is 3.00 bits per heavy atom. The maximum absolute atomic E-state index is 13.7. The number of nitrogens with zero attached hydrogens (tertiary/aromatic N) is 2. The fourth-order valence-corrected chi connectivity index (χ4v) is 3.86. The van der Waals surface area contributed by atoms with Crippen LogP contribution < -0.4 is 5.32 Å². The van der Waals surface area contributed by atoms with Crippen LogP contribution in [0.2, 0.25) is 0 Å². The fourth-order valence-electron chi connectivity index (χ4n) is 3.86. The van der Waals surface area contributed by atoms with Gasteiger partial charge in [-0.25, -0.2) is 4.39 Å². The van der Waals surface area contributed by atoms with Gasteiger partial charge in [0.05, 0.1) is 6.04 Å². The number of halogens is 1. The molecule has 0 unspecified atom stereocenters. The van der Waals surface area contributed by atoms with Crippen molar-refractivity contribution in [3.05, 3.63) is 53.2 Å². The molecule has 0 aliphatic carbocycles. The van der Waals surface area contributed by atoms with Crippen LogP contribution in [0.15, 0.2) is 34.9 Å². The molecule has 23 heavy (non-hydrogen) atoms. The Kier molecular flexibility index (Phi) is 3.41. The number of nitrogens with one attached hydrogen (secondary N) is 1. The predicted octanol–water partition coefficient (Wildman–Crippen LogP) is 2.15. The number of carbonyl (C=O) groups excluding carboxylic acids is 1. The van der Waals surface area contributed by atoms with Crippen molar-refractivity contribution in [2.75, 3.05) is 19.6 Å². The monoisotopic (exact) mass is 315 g/mol. The van der Waals surface area contributed by atoms with Gasteiger partial charge >= 0.3 is 0 Å². The van der Waals surface area contributed by atoms with Crippen LogP contribution in [-0.2, 0) is 0 Å². The minimum atomic E-state index is -0.276. The van der Waals surface area contributed by atoms with Crippen molar-refractivity contribution in [1.82, 2.24) is 15.4 Å². The summed E-state index contributed by atoms with van der Waals surface area (Å²) in [4.78, 5) is 14.7. The lowest BCUT2D eigenvalue weighted by Gasteiger charge is -2.27. The Hall–Kier alpha value is -2.21. The van der Waals surface area contributed by atoms with Crippen molar-refractivity contribution in [2.24, 2.45) is 11.8 Å². The van der Waals surface area contributed by atoms with E-state index in [9.17, 15) is 9.18 Å². The molecule has 2 aromatic rings. The average Bonchev–Trinajstić information content (AvgIpc) is 3.21. The number of amides is 1. The van der Waals surface area contributed by atoms with Crippen LogP contribution in [0.1, 0.15) is 27.9 Å². The molecule has 0 radical (unpaired) electrons. The first-order valence-electron chi connectivity index (χ1n) is 7.84. The van der Waals surface area contributed by atoms with Gasteiger partial charge in [0, 0.05) is 31.6 Å². The predicted molar refractivity (Wildman–Crippen MR) is 81.3 cm³/mol. The number of fused-ring (bicyclic) bond motifs is 1. The highest BCUT2D eigenvalue weighted by molar-refractivity contribution is 5.92. The van der Waals surface area contributed by atoms with Crippen LogP contribution in [-0.4, -0.2) is 35.6 Å². The third-order valence-electron chi connectivity index (χ3n) is 4.86. The summed E-state index contributed by atoms with van der Waals surface area (Å²) in [5, 5.41) is 7.22. The molecule has 1 aromatic carbocycles. The van der Waals surface area contributed by atoms with Crippen LogP contribution in [0.25, 0.3) is 0 Å².